The van der Waals surface area contributed by atoms with Gasteiger partial charge in [0.2, 0.25) is 0 Å². The fourth-order valence-corrected chi connectivity index (χ4v) is 2.00. The van der Waals surface area contributed by atoms with Gasteiger partial charge < -0.3 is 5.32 Å². The lowest BCUT2D eigenvalue weighted by Gasteiger charge is -2.08. The van der Waals surface area contributed by atoms with Gasteiger partial charge in [0.1, 0.15) is 5.02 Å². The predicted octanol–water partition coefficient (Wildman–Crippen LogP) is 1.47. The van der Waals surface area contributed by atoms with Crippen LogP contribution in [0.5, 0.6) is 0 Å². The van der Waals surface area contributed by atoms with Gasteiger partial charge in [-0.25, -0.2) is 4.68 Å². The summed E-state index contributed by atoms with van der Waals surface area (Å²) in [4.78, 5) is 11.9. The molecule has 0 aromatic carbocycles. The number of hydrogen-bond donors (Lipinski definition) is 1. The standard InChI is InChI=1S/C13H16ClN5O/c1-3-6-19-13(20)12(14)11(8-17-19)15-5-4-10-7-16-18(2)9-10/h3,7-9,15H,1,4-6H2,2H3. The van der Waals surface area contributed by atoms with Crippen molar-refractivity contribution in [1.82, 2.24) is 19.6 Å². The second-order valence-corrected chi connectivity index (χ2v) is 4.73. The number of rotatable bonds is 6. The molecule has 0 spiro atoms. The van der Waals surface area contributed by atoms with Crippen LogP contribution in [0, 0.1) is 0 Å². The molecular weight excluding hydrogens is 278 g/mol. The highest BCUT2D eigenvalue weighted by Crippen LogP contribution is 2.15. The van der Waals surface area contributed by atoms with Gasteiger partial charge in [0, 0.05) is 19.8 Å². The van der Waals surface area contributed by atoms with E-state index in [2.05, 4.69) is 22.1 Å². The van der Waals surface area contributed by atoms with Crippen LogP contribution in [0.1, 0.15) is 5.56 Å². The van der Waals surface area contributed by atoms with E-state index in [0.717, 1.165) is 12.0 Å². The predicted molar refractivity (Wildman–Crippen MR) is 79.1 cm³/mol. The van der Waals surface area contributed by atoms with Crippen LogP contribution in [0.25, 0.3) is 0 Å². The number of hydrogen-bond acceptors (Lipinski definition) is 4. The molecule has 6 nitrogen and oxygen atoms in total. The highest BCUT2D eigenvalue weighted by Gasteiger charge is 2.08. The van der Waals surface area contributed by atoms with E-state index >= 15 is 0 Å². The second-order valence-electron chi connectivity index (χ2n) is 4.35. The van der Waals surface area contributed by atoms with Gasteiger partial charge in [0.05, 0.1) is 24.6 Å². The highest BCUT2D eigenvalue weighted by atomic mass is 35.5. The molecule has 0 aliphatic heterocycles. The van der Waals surface area contributed by atoms with Crippen molar-refractivity contribution in [1.29, 1.82) is 0 Å². The van der Waals surface area contributed by atoms with Crippen LogP contribution < -0.4 is 10.9 Å². The van der Waals surface area contributed by atoms with Crippen molar-refractivity contribution in [3.05, 3.63) is 52.2 Å². The lowest BCUT2D eigenvalue weighted by molar-refractivity contribution is 0.653. The molecule has 2 aromatic heterocycles. The fraction of sp³-hybridized carbons (Fsp3) is 0.308. The zero-order valence-corrected chi connectivity index (χ0v) is 12.0. The molecule has 106 valence electrons. The van der Waals surface area contributed by atoms with E-state index in [4.69, 9.17) is 11.6 Å². The topological polar surface area (TPSA) is 64.7 Å². The third-order valence-corrected chi connectivity index (χ3v) is 3.14. The van der Waals surface area contributed by atoms with E-state index in [1.54, 1.807) is 17.0 Å². The molecule has 0 fully saturated rings. The maximum atomic E-state index is 11.9. The third kappa shape index (κ3) is 3.27. The van der Waals surface area contributed by atoms with Gasteiger partial charge in [0.25, 0.3) is 5.56 Å². The molecule has 0 saturated heterocycles. The summed E-state index contributed by atoms with van der Waals surface area (Å²) in [6, 6.07) is 0. The Morgan fingerprint density at radius 2 is 2.25 bits per heavy atom. The van der Waals surface area contributed by atoms with Crippen molar-refractivity contribution < 1.29 is 0 Å². The van der Waals surface area contributed by atoms with Crippen LogP contribution in [-0.4, -0.2) is 26.1 Å². The van der Waals surface area contributed by atoms with Crippen molar-refractivity contribution >= 4 is 17.3 Å². The number of nitrogens with zero attached hydrogens (tertiary/aromatic N) is 4. The van der Waals surface area contributed by atoms with Crippen LogP contribution in [0.4, 0.5) is 5.69 Å². The zero-order chi connectivity index (χ0) is 14.5. The van der Waals surface area contributed by atoms with Gasteiger partial charge in [-0.15, -0.1) is 6.58 Å². The first-order valence-electron chi connectivity index (χ1n) is 6.19. The van der Waals surface area contributed by atoms with Crippen molar-refractivity contribution in [2.24, 2.45) is 7.05 Å². The summed E-state index contributed by atoms with van der Waals surface area (Å²) in [6.07, 6.45) is 7.70. The Kier molecular flexibility index (Phi) is 4.57. The summed E-state index contributed by atoms with van der Waals surface area (Å²) in [7, 11) is 1.87. The summed E-state index contributed by atoms with van der Waals surface area (Å²) in [6.45, 7) is 4.56. The molecule has 2 heterocycles. The molecule has 0 aliphatic rings. The largest absolute Gasteiger partial charge is 0.382 e. The quantitative estimate of drug-likeness (QED) is 0.819. The minimum absolute atomic E-state index is 0.146. The van der Waals surface area contributed by atoms with Crippen LogP contribution in [0.2, 0.25) is 5.02 Å². The molecule has 0 unspecified atom stereocenters. The van der Waals surface area contributed by atoms with E-state index in [0.29, 0.717) is 18.8 Å². The minimum atomic E-state index is -0.321. The Hall–Kier alpha value is -2.08. The first-order chi connectivity index (χ1) is 9.61. The number of aryl methyl sites for hydroxylation is 1. The van der Waals surface area contributed by atoms with Crippen molar-refractivity contribution in [3.8, 4) is 0 Å². The molecule has 0 bridgehead atoms. The minimum Gasteiger partial charge on any atom is -0.382 e. The van der Waals surface area contributed by atoms with Gasteiger partial charge in [-0.1, -0.05) is 17.7 Å². The zero-order valence-electron chi connectivity index (χ0n) is 11.2. The maximum Gasteiger partial charge on any atom is 0.287 e. The molecule has 0 aliphatic carbocycles. The Morgan fingerprint density at radius 3 is 2.90 bits per heavy atom. The van der Waals surface area contributed by atoms with E-state index < -0.39 is 0 Å². The smallest absolute Gasteiger partial charge is 0.287 e. The lowest BCUT2D eigenvalue weighted by atomic mass is 10.2. The number of anilines is 1. The number of aromatic nitrogens is 4. The Morgan fingerprint density at radius 1 is 1.45 bits per heavy atom. The van der Waals surface area contributed by atoms with Crippen molar-refractivity contribution in [3.63, 3.8) is 0 Å². The third-order valence-electron chi connectivity index (χ3n) is 2.77. The van der Waals surface area contributed by atoms with E-state index in [-0.39, 0.29) is 10.6 Å². The van der Waals surface area contributed by atoms with Crippen molar-refractivity contribution in [2.45, 2.75) is 13.0 Å². The second kappa shape index (κ2) is 6.38. The fourth-order valence-electron chi connectivity index (χ4n) is 1.78. The number of nitrogens with one attached hydrogen (secondary N) is 1. The Balaban J connectivity index is 2.01. The van der Waals surface area contributed by atoms with Crippen LogP contribution in [-0.2, 0) is 20.0 Å². The average molecular weight is 294 g/mol. The Bertz CT molecular complexity index is 661. The summed E-state index contributed by atoms with van der Waals surface area (Å²) in [5, 5.41) is 11.4. The number of allylic oxidation sites excluding steroid dienone is 1. The molecular formula is C13H16ClN5O. The van der Waals surface area contributed by atoms with Gasteiger partial charge in [0.15, 0.2) is 0 Å². The molecule has 1 N–H and O–H groups in total. The molecule has 20 heavy (non-hydrogen) atoms. The van der Waals surface area contributed by atoms with Gasteiger partial charge >= 0.3 is 0 Å². The monoisotopic (exact) mass is 293 g/mol. The maximum absolute atomic E-state index is 11.9. The SMILES string of the molecule is C=CCn1ncc(NCCc2cnn(C)c2)c(Cl)c1=O. The van der Waals surface area contributed by atoms with Crippen molar-refractivity contribution in [2.75, 3.05) is 11.9 Å². The first kappa shape index (κ1) is 14.3. The number of halogens is 1. The van der Waals surface area contributed by atoms with Crippen LogP contribution in [0.15, 0.2) is 36.0 Å². The van der Waals surface area contributed by atoms with E-state index in [1.165, 1.54) is 4.68 Å². The van der Waals surface area contributed by atoms with Crippen LogP contribution in [0.3, 0.4) is 0 Å². The molecule has 0 radical (unpaired) electrons. The summed E-state index contributed by atoms with van der Waals surface area (Å²) >= 11 is 6.03. The van der Waals surface area contributed by atoms with E-state index in [9.17, 15) is 4.79 Å². The van der Waals surface area contributed by atoms with Crippen LogP contribution >= 0.6 is 11.6 Å². The molecule has 0 saturated carbocycles. The molecule has 2 rings (SSSR count). The highest BCUT2D eigenvalue weighted by molar-refractivity contribution is 6.32. The van der Waals surface area contributed by atoms with Gasteiger partial charge in [-0.3, -0.25) is 9.48 Å². The van der Waals surface area contributed by atoms with Gasteiger partial charge in [-0.05, 0) is 12.0 Å². The molecule has 0 amide bonds. The normalized spacial score (nSPS) is 10.5. The summed E-state index contributed by atoms with van der Waals surface area (Å²) in [5.41, 5.74) is 1.34. The van der Waals surface area contributed by atoms with Gasteiger partial charge in [-0.2, -0.15) is 10.2 Å². The molecule has 0 atom stereocenters. The average Bonchev–Trinajstić information content (AvgIpc) is 2.84. The van der Waals surface area contributed by atoms with E-state index in [1.807, 2.05) is 19.4 Å². The molecule has 7 heteroatoms. The first-order valence-corrected chi connectivity index (χ1v) is 6.57. The molecule has 2 aromatic rings. The summed E-state index contributed by atoms with van der Waals surface area (Å²) < 4.78 is 3.02. The Labute approximate surface area is 121 Å². The lowest BCUT2D eigenvalue weighted by Crippen LogP contribution is -2.24. The summed E-state index contributed by atoms with van der Waals surface area (Å²) in [5.74, 6) is 0.